The molecule has 3 N–H and O–H groups in total. The lowest BCUT2D eigenvalue weighted by Gasteiger charge is -2.26. The van der Waals surface area contributed by atoms with Crippen LogP contribution in [0.25, 0.3) is 22.4 Å². The largest absolute Gasteiger partial charge is 0.354 e. The van der Waals surface area contributed by atoms with Gasteiger partial charge in [0.05, 0.1) is 16.2 Å². The van der Waals surface area contributed by atoms with Crippen molar-refractivity contribution in [1.29, 1.82) is 0 Å². The molecule has 0 saturated carbocycles. The number of hydrogen-bond donors (Lipinski definition) is 3. The predicted octanol–water partition coefficient (Wildman–Crippen LogP) is 7.47. The van der Waals surface area contributed by atoms with Crippen molar-refractivity contribution in [1.82, 2.24) is 9.88 Å². The Labute approximate surface area is 275 Å². The van der Waals surface area contributed by atoms with Crippen molar-refractivity contribution < 1.29 is 13.2 Å². The van der Waals surface area contributed by atoms with Crippen LogP contribution in [0.5, 0.6) is 0 Å². The number of pyridine rings is 1. The summed E-state index contributed by atoms with van der Waals surface area (Å²) in [6.07, 6.45) is 7.09. The third-order valence-electron chi connectivity index (χ3n) is 8.56. The van der Waals surface area contributed by atoms with Crippen LogP contribution >= 0.6 is 0 Å². The summed E-state index contributed by atoms with van der Waals surface area (Å²) in [6.45, 7) is 3.19. The molecule has 9 heteroatoms. The van der Waals surface area contributed by atoms with E-state index in [1.54, 1.807) is 60.9 Å². The van der Waals surface area contributed by atoms with Gasteiger partial charge in [-0.15, -0.1) is 0 Å². The van der Waals surface area contributed by atoms with Crippen molar-refractivity contribution in [2.75, 3.05) is 28.4 Å². The first-order valence-electron chi connectivity index (χ1n) is 15.8. The summed E-state index contributed by atoms with van der Waals surface area (Å²) < 4.78 is 30.2. The van der Waals surface area contributed by atoms with Gasteiger partial charge in [-0.2, -0.15) is 0 Å². The van der Waals surface area contributed by atoms with E-state index < -0.39 is 10.0 Å². The van der Waals surface area contributed by atoms with Crippen molar-refractivity contribution in [2.24, 2.45) is 0 Å². The number of rotatable bonds is 9. The molecule has 1 amide bonds. The predicted molar refractivity (Wildman–Crippen MR) is 188 cm³/mol. The number of nitrogens with zero attached hydrogens (tertiary/aromatic N) is 2. The second-order valence-electron chi connectivity index (χ2n) is 11.8. The summed E-state index contributed by atoms with van der Waals surface area (Å²) in [5.74, 6) is -0.269. The van der Waals surface area contributed by atoms with E-state index in [0.29, 0.717) is 39.3 Å². The molecule has 1 saturated heterocycles. The normalized spacial score (nSPS) is 15.9. The van der Waals surface area contributed by atoms with Gasteiger partial charge >= 0.3 is 0 Å². The average molecular weight is 642 g/mol. The number of carbonyl (C=O) groups is 1. The lowest BCUT2D eigenvalue weighted by atomic mass is 9.99. The van der Waals surface area contributed by atoms with Gasteiger partial charge in [0.15, 0.2) is 0 Å². The molecule has 2 aliphatic rings. The molecule has 0 bridgehead atoms. The number of likely N-dealkylation sites (tertiary alicyclic amines) is 1. The van der Waals surface area contributed by atoms with Gasteiger partial charge in [-0.05, 0) is 79.5 Å². The van der Waals surface area contributed by atoms with Crippen LogP contribution in [-0.2, 0) is 21.4 Å². The summed E-state index contributed by atoms with van der Waals surface area (Å²) in [7, 11) is -3.99. The van der Waals surface area contributed by atoms with Crippen LogP contribution in [0.4, 0.5) is 17.1 Å². The topological polar surface area (TPSA) is 103 Å². The number of anilines is 3. The standard InChI is InChI=1S/C38H35N5O3S/c44-38-36(37(28-10-3-1-4-11-28)40-30-17-15-27(16-18-30)26-43-22-7-2-8-23-43)33-24-31(19-20-34(33)41-38)42-47(45,46)35-14-6-5-13-32(35)29-12-9-21-39-25-29/h1,3-6,9-21,24-25,40,42H,2,7-8,22-23,26H2,(H,41,44). The smallest absolute Gasteiger partial charge is 0.262 e. The fraction of sp³-hybridized carbons (Fsp3) is 0.158. The van der Waals surface area contributed by atoms with Gasteiger partial charge in [0.2, 0.25) is 0 Å². The van der Waals surface area contributed by atoms with Crippen molar-refractivity contribution in [3.05, 3.63) is 138 Å². The summed E-state index contributed by atoms with van der Waals surface area (Å²) in [5, 5.41) is 6.48. The molecule has 47 heavy (non-hydrogen) atoms. The average Bonchev–Trinajstić information content (AvgIpc) is 3.43. The van der Waals surface area contributed by atoms with Crippen molar-refractivity contribution in [3.63, 3.8) is 0 Å². The van der Waals surface area contributed by atoms with Crippen molar-refractivity contribution in [2.45, 2.75) is 30.7 Å². The lowest BCUT2D eigenvalue weighted by molar-refractivity contribution is -0.110. The molecule has 236 valence electrons. The van der Waals surface area contributed by atoms with E-state index in [-0.39, 0.29) is 10.8 Å². The van der Waals surface area contributed by atoms with Gasteiger partial charge in [-0.1, -0.05) is 73.2 Å². The Morgan fingerprint density at radius 2 is 1.53 bits per heavy atom. The first kappa shape index (κ1) is 30.4. The first-order chi connectivity index (χ1) is 22.9. The zero-order valence-corrected chi connectivity index (χ0v) is 26.6. The van der Waals surface area contributed by atoms with Crippen LogP contribution in [0.15, 0.2) is 126 Å². The molecule has 0 unspecified atom stereocenters. The van der Waals surface area contributed by atoms with E-state index in [2.05, 4.69) is 37.4 Å². The number of fused-ring (bicyclic) bond motifs is 1. The summed E-state index contributed by atoms with van der Waals surface area (Å²) >= 11 is 0. The molecule has 7 rings (SSSR count). The van der Waals surface area contributed by atoms with Gasteiger partial charge in [-0.3, -0.25) is 19.4 Å². The van der Waals surface area contributed by atoms with Crippen molar-refractivity contribution >= 4 is 44.3 Å². The lowest BCUT2D eigenvalue weighted by Crippen LogP contribution is -2.29. The number of amides is 1. The Bertz CT molecular complexity index is 2040. The molecule has 1 aromatic heterocycles. The van der Waals surface area contributed by atoms with Gasteiger partial charge in [-0.25, -0.2) is 8.42 Å². The minimum absolute atomic E-state index is 0.133. The molecule has 0 spiro atoms. The minimum atomic E-state index is -3.99. The molecule has 5 aromatic rings. The number of carbonyl (C=O) groups excluding carboxylic acids is 1. The number of benzene rings is 4. The third-order valence-corrected chi connectivity index (χ3v) is 10.00. The highest BCUT2D eigenvalue weighted by molar-refractivity contribution is 7.92. The first-order valence-corrected chi connectivity index (χ1v) is 17.3. The highest BCUT2D eigenvalue weighted by Gasteiger charge is 2.30. The van der Waals surface area contributed by atoms with E-state index >= 15 is 0 Å². The third kappa shape index (κ3) is 6.67. The van der Waals surface area contributed by atoms with E-state index in [9.17, 15) is 13.2 Å². The van der Waals surface area contributed by atoms with E-state index in [1.165, 1.54) is 24.8 Å². The van der Waals surface area contributed by atoms with Gasteiger partial charge in [0.1, 0.15) is 0 Å². The second-order valence-corrected chi connectivity index (χ2v) is 13.5. The number of hydrogen-bond acceptors (Lipinski definition) is 6. The fourth-order valence-corrected chi connectivity index (χ4v) is 7.53. The molecule has 0 radical (unpaired) electrons. The Morgan fingerprint density at radius 1 is 0.787 bits per heavy atom. The molecule has 8 nitrogen and oxygen atoms in total. The molecule has 1 fully saturated rings. The summed E-state index contributed by atoms with van der Waals surface area (Å²) in [6, 6.07) is 33.5. The van der Waals surface area contributed by atoms with Gasteiger partial charge in [0.25, 0.3) is 15.9 Å². The van der Waals surface area contributed by atoms with Gasteiger partial charge < -0.3 is 10.6 Å². The highest BCUT2D eigenvalue weighted by Crippen LogP contribution is 2.39. The Morgan fingerprint density at radius 3 is 2.30 bits per heavy atom. The number of nitrogens with one attached hydrogen (secondary N) is 3. The molecular formula is C38H35N5O3S. The Hall–Kier alpha value is -5.25. The zero-order chi connectivity index (χ0) is 32.2. The molecular weight excluding hydrogens is 607 g/mol. The van der Waals surface area contributed by atoms with Crippen LogP contribution in [-0.4, -0.2) is 37.3 Å². The molecule has 4 aromatic carbocycles. The van der Waals surface area contributed by atoms with Crippen LogP contribution in [0.3, 0.4) is 0 Å². The zero-order valence-electron chi connectivity index (χ0n) is 25.8. The maximum atomic E-state index is 13.8. The van der Waals surface area contributed by atoms with Crippen LogP contribution in [0, 0.1) is 0 Å². The summed E-state index contributed by atoms with van der Waals surface area (Å²) in [4.78, 5) is 20.4. The van der Waals surface area contributed by atoms with Crippen molar-refractivity contribution in [3.8, 4) is 11.1 Å². The Kier molecular flexibility index (Phi) is 8.56. The van der Waals surface area contributed by atoms with Crippen LogP contribution < -0.4 is 15.4 Å². The second kappa shape index (κ2) is 13.2. The molecule has 0 aliphatic carbocycles. The molecule has 0 atom stereocenters. The van der Waals surface area contributed by atoms with E-state index in [1.807, 2.05) is 48.5 Å². The number of piperidine rings is 1. The highest BCUT2D eigenvalue weighted by atomic mass is 32.2. The Balaban J connectivity index is 1.22. The quantitative estimate of drug-likeness (QED) is 0.144. The number of aromatic nitrogens is 1. The van der Waals surface area contributed by atoms with E-state index in [4.69, 9.17) is 0 Å². The molecule has 3 heterocycles. The van der Waals surface area contributed by atoms with Crippen LogP contribution in [0.1, 0.15) is 36.0 Å². The maximum absolute atomic E-state index is 13.8. The van der Waals surface area contributed by atoms with Crippen LogP contribution in [0.2, 0.25) is 0 Å². The maximum Gasteiger partial charge on any atom is 0.262 e. The minimum Gasteiger partial charge on any atom is -0.354 e. The monoisotopic (exact) mass is 641 g/mol. The number of sulfonamides is 1. The SMILES string of the molecule is O=C1Nc2ccc(NS(=O)(=O)c3ccccc3-c3cccnc3)cc2C1=C(Nc1ccc(CN2CCCCC2)cc1)c1ccccc1. The van der Waals surface area contributed by atoms with Gasteiger partial charge in [0, 0.05) is 52.7 Å². The summed E-state index contributed by atoms with van der Waals surface area (Å²) in [5.41, 5.74) is 6.78. The van der Waals surface area contributed by atoms with E-state index in [0.717, 1.165) is 30.9 Å². The molecule has 2 aliphatic heterocycles. The fourth-order valence-electron chi connectivity index (χ4n) is 6.25.